The maximum atomic E-state index is 13.6. The Morgan fingerprint density at radius 2 is 1.75 bits per heavy atom. The van der Waals surface area contributed by atoms with Crippen molar-refractivity contribution in [2.75, 3.05) is 5.32 Å². The number of anilines is 2. The molecule has 0 fully saturated rings. The van der Waals surface area contributed by atoms with Crippen LogP contribution in [0.3, 0.4) is 0 Å². The highest BCUT2D eigenvalue weighted by Crippen LogP contribution is 2.33. The van der Waals surface area contributed by atoms with Gasteiger partial charge in [0, 0.05) is 23.0 Å². The molecule has 2 heterocycles. The number of hydrogen-bond acceptors (Lipinski definition) is 4. The number of amides is 1. The van der Waals surface area contributed by atoms with E-state index in [4.69, 9.17) is 4.98 Å². The second kappa shape index (κ2) is 10.2. The molecular weight excluding hydrogens is 459 g/mol. The quantitative estimate of drug-likeness (QED) is 0.294. The molecule has 2 unspecified atom stereocenters. The number of benzene rings is 2. The number of carbonyl (C=O) groups is 2. The maximum absolute atomic E-state index is 13.6. The molecule has 4 aromatic rings. The number of halogens is 1. The van der Waals surface area contributed by atoms with Gasteiger partial charge in [-0.3, -0.25) is 9.20 Å². The topological polar surface area (TPSA) is 95.7 Å². The van der Waals surface area contributed by atoms with Crippen molar-refractivity contribution >= 4 is 29.0 Å². The summed E-state index contributed by atoms with van der Waals surface area (Å²) in [5, 5.41) is 15.7. The lowest BCUT2D eigenvalue weighted by atomic mass is 9.99. The van der Waals surface area contributed by atoms with E-state index < -0.39 is 17.9 Å². The van der Waals surface area contributed by atoms with Crippen LogP contribution < -0.4 is 10.6 Å². The number of carboxylic acid groups (broad SMARTS) is 1. The molecule has 1 amide bonds. The molecule has 0 saturated carbocycles. The van der Waals surface area contributed by atoms with Gasteiger partial charge in [0.2, 0.25) is 0 Å². The zero-order valence-corrected chi connectivity index (χ0v) is 20.7. The van der Waals surface area contributed by atoms with Crippen molar-refractivity contribution in [3.63, 3.8) is 0 Å². The first kappa shape index (κ1) is 24.9. The second-order valence-corrected chi connectivity index (χ2v) is 9.03. The van der Waals surface area contributed by atoms with Gasteiger partial charge in [-0.15, -0.1) is 0 Å². The molecule has 7 nitrogen and oxygen atoms in total. The lowest BCUT2D eigenvalue weighted by Gasteiger charge is -2.20. The Bertz CT molecular complexity index is 1410. The smallest absolute Gasteiger partial charge is 0.326 e. The number of aliphatic carboxylic acids is 1. The molecule has 0 radical (unpaired) electrons. The Kier molecular flexibility index (Phi) is 7.05. The molecule has 0 spiro atoms. The van der Waals surface area contributed by atoms with E-state index in [1.165, 1.54) is 12.1 Å². The van der Waals surface area contributed by atoms with Crippen LogP contribution in [0.5, 0.6) is 0 Å². The number of para-hydroxylation sites is 1. The molecule has 3 N–H and O–H groups in total. The van der Waals surface area contributed by atoms with Crippen LogP contribution in [0.2, 0.25) is 0 Å². The van der Waals surface area contributed by atoms with Crippen LogP contribution in [-0.4, -0.2) is 32.4 Å². The summed E-state index contributed by atoms with van der Waals surface area (Å²) in [6, 6.07) is 14.3. The van der Waals surface area contributed by atoms with Crippen molar-refractivity contribution in [3.05, 3.63) is 83.3 Å². The van der Waals surface area contributed by atoms with Gasteiger partial charge in [-0.2, -0.15) is 0 Å². The van der Waals surface area contributed by atoms with Gasteiger partial charge < -0.3 is 15.7 Å². The highest BCUT2D eigenvalue weighted by molar-refractivity contribution is 5.97. The molecule has 8 heteroatoms. The van der Waals surface area contributed by atoms with Crippen molar-refractivity contribution in [1.82, 2.24) is 14.7 Å². The van der Waals surface area contributed by atoms with Gasteiger partial charge in [0.25, 0.3) is 5.91 Å². The van der Waals surface area contributed by atoms with Gasteiger partial charge >= 0.3 is 5.97 Å². The molecule has 0 aliphatic rings. The first-order valence-electron chi connectivity index (χ1n) is 11.8. The Morgan fingerprint density at radius 1 is 1.08 bits per heavy atom. The average Bonchev–Trinajstić information content (AvgIpc) is 3.22. The molecule has 0 aliphatic heterocycles. The van der Waals surface area contributed by atoms with E-state index in [-0.39, 0.29) is 11.7 Å². The van der Waals surface area contributed by atoms with E-state index in [0.29, 0.717) is 34.7 Å². The summed E-state index contributed by atoms with van der Waals surface area (Å²) in [5.74, 6) is -1.46. The third-order valence-corrected chi connectivity index (χ3v) is 6.50. The lowest BCUT2D eigenvalue weighted by Crippen LogP contribution is -2.45. The molecule has 2 aromatic carbocycles. The van der Waals surface area contributed by atoms with Crippen molar-refractivity contribution in [3.8, 4) is 11.3 Å². The predicted octanol–water partition coefficient (Wildman–Crippen LogP) is 5.73. The second-order valence-electron chi connectivity index (χ2n) is 9.03. The normalized spacial score (nSPS) is 12.8. The minimum atomic E-state index is -1.07. The van der Waals surface area contributed by atoms with Crippen molar-refractivity contribution in [1.29, 1.82) is 0 Å². The summed E-state index contributed by atoms with van der Waals surface area (Å²) in [6.45, 7) is 7.69. The van der Waals surface area contributed by atoms with E-state index in [9.17, 15) is 19.1 Å². The average molecular weight is 489 g/mol. The standard InChI is InChI=1S/C28H29FN4O3/c1-5-16(2)24(28(35)36)32-27(34)20-13-14-33-22(15-20)30-25(19-9-11-21(29)12-10-19)26(33)31-23-17(3)7-6-8-18(23)4/h6-16,24,31H,5H2,1-4H3,(H,32,34)(H,35,36). The molecule has 0 bridgehead atoms. The molecule has 0 saturated heterocycles. The number of carboxylic acids is 1. The molecule has 4 rings (SSSR count). The highest BCUT2D eigenvalue weighted by atomic mass is 19.1. The number of aryl methyl sites for hydroxylation is 2. The zero-order chi connectivity index (χ0) is 26.0. The Morgan fingerprint density at radius 3 is 2.36 bits per heavy atom. The molecule has 2 aromatic heterocycles. The van der Waals surface area contributed by atoms with E-state index in [2.05, 4.69) is 10.6 Å². The lowest BCUT2D eigenvalue weighted by molar-refractivity contribution is -0.140. The summed E-state index contributed by atoms with van der Waals surface area (Å²) in [5.41, 5.74) is 5.13. The molecule has 0 aliphatic carbocycles. The number of carbonyl (C=O) groups excluding carboxylic acids is 1. The molecule has 186 valence electrons. The first-order valence-corrected chi connectivity index (χ1v) is 11.8. The number of rotatable bonds is 8. The minimum absolute atomic E-state index is 0.222. The number of nitrogens with zero attached hydrogens (tertiary/aromatic N) is 2. The zero-order valence-electron chi connectivity index (χ0n) is 20.7. The number of hydrogen-bond donors (Lipinski definition) is 3. The van der Waals surface area contributed by atoms with Gasteiger partial charge in [-0.1, -0.05) is 38.5 Å². The third-order valence-electron chi connectivity index (χ3n) is 6.50. The first-order chi connectivity index (χ1) is 17.2. The van der Waals surface area contributed by atoms with E-state index in [1.807, 2.05) is 43.4 Å². The monoisotopic (exact) mass is 488 g/mol. The van der Waals surface area contributed by atoms with E-state index in [1.54, 1.807) is 37.4 Å². The largest absolute Gasteiger partial charge is 0.480 e. The van der Waals surface area contributed by atoms with Crippen LogP contribution in [0.1, 0.15) is 41.8 Å². The Balaban J connectivity index is 1.79. The van der Waals surface area contributed by atoms with Crippen LogP contribution in [0.25, 0.3) is 16.9 Å². The Labute approximate surface area is 209 Å². The summed E-state index contributed by atoms with van der Waals surface area (Å²) < 4.78 is 15.4. The minimum Gasteiger partial charge on any atom is -0.480 e. The number of imidazole rings is 1. The summed E-state index contributed by atoms with van der Waals surface area (Å²) in [6.07, 6.45) is 2.34. The van der Waals surface area contributed by atoms with Gasteiger partial charge in [0.1, 0.15) is 29.0 Å². The van der Waals surface area contributed by atoms with Gasteiger partial charge in [-0.25, -0.2) is 14.2 Å². The summed E-state index contributed by atoms with van der Waals surface area (Å²) in [4.78, 5) is 29.4. The number of pyridine rings is 1. The van der Waals surface area contributed by atoms with E-state index >= 15 is 0 Å². The molecular formula is C28H29FN4O3. The fourth-order valence-corrected chi connectivity index (χ4v) is 4.15. The van der Waals surface area contributed by atoms with Gasteiger partial charge in [0.15, 0.2) is 0 Å². The van der Waals surface area contributed by atoms with Crippen LogP contribution in [0.15, 0.2) is 60.8 Å². The number of aromatic nitrogens is 2. The van der Waals surface area contributed by atoms with Crippen molar-refractivity contribution < 1.29 is 19.1 Å². The predicted molar refractivity (Wildman–Crippen MR) is 138 cm³/mol. The Hall–Kier alpha value is -4.20. The van der Waals surface area contributed by atoms with Crippen molar-refractivity contribution in [2.45, 2.75) is 40.2 Å². The fraction of sp³-hybridized carbons (Fsp3) is 0.250. The third kappa shape index (κ3) is 4.93. The van der Waals surface area contributed by atoms with Crippen LogP contribution >= 0.6 is 0 Å². The SMILES string of the molecule is CCC(C)C(NC(=O)c1ccn2c(Nc3c(C)cccc3C)c(-c3ccc(F)cc3)nc2c1)C(=O)O. The maximum Gasteiger partial charge on any atom is 0.326 e. The molecule has 36 heavy (non-hydrogen) atoms. The number of fused-ring (bicyclic) bond motifs is 1. The summed E-state index contributed by atoms with van der Waals surface area (Å²) in [7, 11) is 0. The fourth-order valence-electron chi connectivity index (χ4n) is 4.15. The van der Waals surface area contributed by atoms with Crippen LogP contribution in [0.4, 0.5) is 15.9 Å². The molecule has 2 atom stereocenters. The van der Waals surface area contributed by atoms with Crippen LogP contribution in [-0.2, 0) is 4.79 Å². The van der Waals surface area contributed by atoms with Gasteiger partial charge in [-0.05, 0) is 67.3 Å². The van der Waals surface area contributed by atoms with Crippen molar-refractivity contribution in [2.24, 2.45) is 5.92 Å². The number of nitrogens with one attached hydrogen (secondary N) is 2. The summed E-state index contributed by atoms with van der Waals surface area (Å²) >= 11 is 0. The van der Waals surface area contributed by atoms with Crippen LogP contribution in [0, 0.1) is 25.6 Å². The van der Waals surface area contributed by atoms with E-state index in [0.717, 1.165) is 16.8 Å². The highest BCUT2D eigenvalue weighted by Gasteiger charge is 2.26. The van der Waals surface area contributed by atoms with Gasteiger partial charge in [0.05, 0.1) is 0 Å².